The van der Waals surface area contributed by atoms with Gasteiger partial charge in [0.25, 0.3) is 0 Å². The molecule has 1 aliphatic heterocycles. The van der Waals surface area contributed by atoms with Crippen molar-refractivity contribution in [2.75, 3.05) is 26.2 Å². The smallest absolute Gasteiger partial charge is 0.129 e. The van der Waals surface area contributed by atoms with Crippen LogP contribution in [-0.2, 0) is 6.54 Å². The summed E-state index contributed by atoms with van der Waals surface area (Å²) in [4.78, 5) is 12.4. The molecule has 19 heavy (non-hydrogen) atoms. The lowest BCUT2D eigenvalue weighted by molar-refractivity contribution is 0.145. The maximum Gasteiger partial charge on any atom is 0.129 e. The van der Waals surface area contributed by atoms with Gasteiger partial charge in [-0.1, -0.05) is 22.8 Å². The van der Waals surface area contributed by atoms with Crippen LogP contribution in [0.25, 0.3) is 0 Å². The van der Waals surface area contributed by atoms with E-state index >= 15 is 0 Å². The van der Waals surface area contributed by atoms with Crippen LogP contribution in [0, 0.1) is 10.7 Å². The Kier molecular flexibility index (Phi) is 5.24. The lowest BCUT2D eigenvalue weighted by Crippen LogP contribution is -2.51. The van der Waals surface area contributed by atoms with Crippen LogP contribution in [0.5, 0.6) is 0 Å². The highest BCUT2D eigenvalue weighted by molar-refractivity contribution is 6.31. The van der Waals surface area contributed by atoms with Crippen molar-refractivity contribution in [2.24, 2.45) is 5.18 Å². The summed E-state index contributed by atoms with van der Waals surface area (Å²) in [7, 11) is 0. The van der Waals surface area contributed by atoms with Crippen molar-refractivity contribution in [2.45, 2.75) is 19.0 Å². The van der Waals surface area contributed by atoms with Crippen LogP contribution < -0.4 is 5.32 Å². The Morgan fingerprint density at radius 3 is 3.11 bits per heavy atom. The van der Waals surface area contributed by atoms with Crippen LogP contribution >= 0.6 is 11.6 Å². The van der Waals surface area contributed by atoms with Gasteiger partial charge in [0, 0.05) is 42.8 Å². The summed E-state index contributed by atoms with van der Waals surface area (Å²) < 4.78 is 13.8. The van der Waals surface area contributed by atoms with Crippen molar-refractivity contribution in [1.82, 2.24) is 10.2 Å². The number of nitrogens with zero attached hydrogens (tertiary/aromatic N) is 2. The lowest BCUT2D eigenvalue weighted by atomic mass is 10.1. The molecule has 4 nitrogen and oxygen atoms in total. The highest BCUT2D eigenvalue weighted by atomic mass is 35.5. The minimum Gasteiger partial charge on any atom is -0.314 e. The molecule has 0 bridgehead atoms. The van der Waals surface area contributed by atoms with E-state index in [0.717, 1.165) is 19.6 Å². The zero-order chi connectivity index (χ0) is 13.7. The first-order valence-electron chi connectivity index (χ1n) is 6.39. The Hall–Kier alpha value is -1.04. The first-order valence-corrected chi connectivity index (χ1v) is 6.77. The third kappa shape index (κ3) is 3.72. The van der Waals surface area contributed by atoms with Crippen LogP contribution in [0.15, 0.2) is 23.4 Å². The van der Waals surface area contributed by atoms with Crippen LogP contribution in [0.2, 0.25) is 5.02 Å². The highest BCUT2D eigenvalue weighted by Crippen LogP contribution is 2.22. The fourth-order valence-corrected chi connectivity index (χ4v) is 2.61. The summed E-state index contributed by atoms with van der Waals surface area (Å²) in [6, 6.07) is 4.92. The van der Waals surface area contributed by atoms with E-state index in [1.165, 1.54) is 6.07 Å². The minimum atomic E-state index is -0.279. The highest BCUT2D eigenvalue weighted by Gasteiger charge is 2.23. The second-order valence-corrected chi connectivity index (χ2v) is 5.08. The van der Waals surface area contributed by atoms with E-state index in [2.05, 4.69) is 15.4 Å². The molecule has 0 aliphatic carbocycles. The standard InChI is InChI=1S/C13H17ClFN3O/c14-12-2-1-3-13(15)11(12)9-18-7-6-16-8-10(18)4-5-17-19/h1-3,10,16H,4-9H2/t10-/m1/s1. The summed E-state index contributed by atoms with van der Waals surface area (Å²) in [6.45, 7) is 3.22. The van der Waals surface area contributed by atoms with Crippen LogP contribution in [0.4, 0.5) is 4.39 Å². The first-order chi connectivity index (χ1) is 9.22. The van der Waals surface area contributed by atoms with Crippen molar-refractivity contribution in [3.05, 3.63) is 39.5 Å². The van der Waals surface area contributed by atoms with Crippen LogP contribution in [-0.4, -0.2) is 37.1 Å². The SMILES string of the molecule is O=NCC[C@@H]1CNCCN1Cc1c(F)cccc1Cl. The van der Waals surface area contributed by atoms with Crippen molar-refractivity contribution >= 4 is 11.6 Å². The average molecular weight is 286 g/mol. The van der Waals surface area contributed by atoms with Crippen LogP contribution in [0.3, 0.4) is 0 Å². The van der Waals surface area contributed by atoms with Crippen LogP contribution in [0.1, 0.15) is 12.0 Å². The molecule has 0 saturated carbocycles. The van der Waals surface area contributed by atoms with Gasteiger partial charge in [-0.05, 0) is 18.6 Å². The monoisotopic (exact) mass is 285 g/mol. The van der Waals surface area contributed by atoms with E-state index in [1.807, 2.05) is 0 Å². The fourth-order valence-electron chi connectivity index (χ4n) is 2.38. The summed E-state index contributed by atoms with van der Waals surface area (Å²) in [5.74, 6) is -0.279. The molecule has 1 aromatic carbocycles. The summed E-state index contributed by atoms with van der Waals surface area (Å²) in [6.07, 6.45) is 0.683. The Bertz CT molecular complexity index is 424. The van der Waals surface area contributed by atoms with E-state index in [0.29, 0.717) is 23.6 Å². The van der Waals surface area contributed by atoms with Gasteiger partial charge in [-0.2, -0.15) is 4.91 Å². The summed E-state index contributed by atoms with van der Waals surface area (Å²) in [5.41, 5.74) is 0.523. The summed E-state index contributed by atoms with van der Waals surface area (Å²) >= 11 is 6.05. The second kappa shape index (κ2) is 6.93. The molecule has 1 heterocycles. The Morgan fingerprint density at radius 2 is 2.37 bits per heavy atom. The van der Waals surface area contributed by atoms with Gasteiger partial charge in [0.1, 0.15) is 5.82 Å². The zero-order valence-corrected chi connectivity index (χ0v) is 11.4. The Balaban J connectivity index is 2.08. The van der Waals surface area contributed by atoms with Crippen molar-refractivity contribution < 1.29 is 4.39 Å². The van der Waals surface area contributed by atoms with E-state index < -0.39 is 0 Å². The molecule has 1 saturated heterocycles. The van der Waals surface area contributed by atoms with Gasteiger partial charge >= 0.3 is 0 Å². The number of rotatable bonds is 5. The van der Waals surface area contributed by atoms with Crippen molar-refractivity contribution in [3.63, 3.8) is 0 Å². The van der Waals surface area contributed by atoms with E-state index in [9.17, 15) is 9.30 Å². The van der Waals surface area contributed by atoms with Gasteiger partial charge in [-0.25, -0.2) is 4.39 Å². The number of halogens is 2. The van der Waals surface area contributed by atoms with Gasteiger partial charge in [-0.15, -0.1) is 0 Å². The third-order valence-corrected chi connectivity index (χ3v) is 3.80. The number of hydrogen-bond donors (Lipinski definition) is 1. The van der Waals surface area contributed by atoms with Gasteiger partial charge < -0.3 is 5.32 Å². The molecule has 0 amide bonds. The summed E-state index contributed by atoms with van der Waals surface area (Å²) in [5, 5.41) is 6.63. The Morgan fingerprint density at radius 1 is 1.53 bits per heavy atom. The number of nitrogens with one attached hydrogen (secondary N) is 1. The quantitative estimate of drug-likeness (QED) is 0.845. The molecule has 1 N–H and O–H groups in total. The molecule has 104 valence electrons. The topological polar surface area (TPSA) is 44.7 Å². The lowest BCUT2D eigenvalue weighted by Gasteiger charge is -2.36. The molecule has 1 atom stereocenters. The molecule has 0 unspecified atom stereocenters. The minimum absolute atomic E-state index is 0.196. The molecule has 1 aliphatic rings. The molecule has 0 radical (unpaired) electrons. The molecule has 1 fully saturated rings. The van der Waals surface area contributed by atoms with E-state index in [-0.39, 0.29) is 18.4 Å². The molecule has 6 heteroatoms. The first kappa shape index (κ1) is 14.4. The van der Waals surface area contributed by atoms with E-state index in [4.69, 9.17) is 11.6 Å². The van der Waals surface area contributed by atoms with Gasteiger partial charge in [0.2, 0.25) is 0 Å². The van der Waals surface area contributed by atoms with Gasteiger partial charge in [0.05, 0.1) is 6.54 Å². The number of piperazine rings is 1. The Labute approximate surface area is 116 Å². The maximum absolute atomic E-state index is 13.8. The molecule has 1 aromatic rings. The molecule has 2 rings (SSSR count). The van der Waals surface area contributed by atoms with Gasteiger partial charge in [-0.3, -0.25) is 4.90 Å². The average Bonchev–Trinajstić information content (AvgIpc) is 2.42. The van der Waals surface area contributed by atoms with E-state index in [1.54, 1.807) is 12.1 Å². The number of hydrogen-bond acceptors (Lipinski definition) is 4. The molecule has 0 spiro atoms. The van der Waals surface area contributed by atoms with Crippen molar-refractivity contribution in [3.8, 4) is 0 Å². The maximum atomic E-state index is 13.8. The molecular formula is C13H17ClFN3O. The number of benzene rings is 1. The number of nitroso groups, excluding NO2 is 1. The predicted molar refractivity (Wildman–Crippen MR) is 73.8 cm³/mol. The van der Waals surface area contributed by atoms with Gasteiger partial charge in [0.15, 0.2) is 0 Å². The fraction of sp³-hybridized carbons (Fsp3) is 0.538. The van der Waals surface area contributed by atoms with Crippen molar-refractivity contribution in [1.29, 1.82) is 0 Å². The second-order valence-electron chi connectivity index (χ2n) is 4.67. The normalized spacial score (nSPS) is 20.4. The molecule has 0 aromatic heterocycles. The zero-order valence-electron chi connectivity index (χ0n) is 10.6. The molecular weight excluding hydrogens is 269 g/mol. The predicted octanol–water partition coefficient (Wildman–Crippen LogP) is 2.41. The largest absolute Gasteiger partial charge is 0.314 e. The third-order valence-electron chi connectivity index (χ3n) is 3.45.